The number of aromatic nitrogens is 1. The summed E-state index contributed by atoms with van der Waals surface area (Å²) in [7, 11) is 0. The van der Waals surface area contributed by atoms with Crippen molar-refractivity contribution in [1.82, 2.24) is 4.98 Å². The summed E-state index contributed by atoms with van der Waals surface area (Å²) < 4.78 is 13.8. The van der Waals surface area contributed by atoms with Crippen LogP contribution in [0.3, 0.4) is 0 Å². The number of thioether (sulfide) groups is 1. The topological polar surface area (TPSA) is 24.9 Å². The Kier molecular flexibility index (Phi) is 3.77. The smallest absolute Gasteiger partial charge is 0.126 e. The highest BCUT2D eigenvalue weighted by Crippen LogP contribution is 2.39. The SMILES string of the molecule is Cc1cc(-c2ncccc2-c2ccc3c(c2)SCN3)c(C)cc1F. The van der Waals surface area contributed by atoms with Gasteiger partial charge in [-0.15, -0.1) is 11.8 Å². The third-order valence-corrected chi connectivity index (χ3v) is 5.29. The molecule has 3 aromatic rings. The summed E-state index contributed by atoms with van der Waals surface area (Å²) in [5, 5.41) is 3.35. The van der Waals surface area contributed by atoms with Crippen LogP contribution in [0.5, 0.6) is 0 Å². The average Bonchev–Trinajstić information content (AvgIpc) is 3.06. The van der Waals surface area contributed by atoms with Crippen LogP contribution in [0.1, 0.15) is 11.1 Å². The Labute approximate surface area is 145 Å². The highest BCUT2D eigenvalue weighted by molar-refractivity contribution is 7.99. The van der Waals surface area contributed by atoms with Crippen molar-refractivity contribution in [3.8, 4) is 22.4 Å². The molecule has 0 radical (unpaired) electrons. The summed E-state index contributed by atoms with van der Waals surface area (Å²) in [6.45, 7) is 3.72. The van der Waals surface area contributed by atoms with Crippen molar-refractivity contribution >= 4 is 17.4 Å². The average molecular weight is 336 g/mol. The van der Waals surface area contributed by atoms with Crippen LogP contribution in [-0.4, -0.2) is 10.9 Å². The standard InChI is InChI=1S/C20H17FN2S/c1-12-9-17(21)13(2)8-16(12)20-15(4-3-7-22-20)14-5-6-18-19(10-14)24-11-23-18/h3-10,23H,11H2,1-2H3. The highest BCUT2D eigenvalue weighted by atomic mass is 32.2. The number of fused-ring (bicyclic) bond motifs is 1. The van der Waals surface area contributed by atoms with Crippen molar-refractivity contribution in [3.05, 3.63) is 65.6 Å². The van der Waals surface area contributed by atoms with Gasteiger partial charge in [0.25, 0.3) is 0 Å². The lowest BCUT2D eigenvalue weighted by molar-refractivity contribution is 0.617. The molecule has 24 heavy (non-hydrogen) atoms. The molecule has 1 aromatic heterocycles. The summed E-state index contributed by atoms with van der Waals surface area (Å²) >= 11 is 1.80. The van der Waals surface area contributed by atoms with Crippen LogP contribution in [0.25, 0.3) is 22.4 Å². The minimum Gasteiger partial charge on any atom is -0.375 e. The zero-order chi connectivity index (χ0) is 16.7. The molecule has 1 aliphatic heterocycles. The van der Waals surface area contributed by atoms with Gasteiger partial charge in [0, 0.05) is 27.9 Å². The van der Waals surface area contributed by atoms with E-state index in [4.69, 9.17) is 0 Å². The zero-order valence-corrected chi connectivity index (χ0v) is 14.4. The third kappa shape index (κ3) is 2.57. The van der Waals surface area contributed by atoms with Crippen LogP contribution < -0.4 is 5.32 Å². The Morgan fingerprint density at radius 3 is 2.79 bits per heavy atom. The predicted octanol–water partition coefficient (Wildman–Crippen LogP) is 5.65. The Hall–Kier alpha value is -2.33. The molecule has 1 aliphatic rings. The maximum absolute atomic E-state index is 13.8. The summed E-state index contributed by atoms with van der Waals surface area (Å²) in [4.78, 5) is 5.86. The van der Waals surface area contributed by atoms with Crippen molar-refractivity contribution in [2.45, 2.75) is 18.7 Å². The fourth-order valence-electron chi connectivity index (χ4n) is 3.04. The zero-order valence-electron chi connectivity index (χ0n) is 13.6. The molecule has 2 heterocycles. The summed E-state index contributed by atoms with van der Waals surface area (Å²) in [5.74, 6) is 0.739. The molecular weight excluding hydrogens is 319 g/mol. The highest BCUT2D eigenvalue weighted by Gasteiger charge is 2.16. The van der Waals surface area contributed by atoms with E-state index in [9.17, 15) is 4.39 Å². The van der Waals surface area contributed by atoms with Crippen LogP contribution in [-0.2, 0) is 0 Å². The van der Waals surface area contributed by atoms with Crippen molar-refractivity contribution in [1.29, 1.82) is 0 Å². The lowest BCUT2D eigenvalue weighted by Gasteiger charge is -2.13. The first kappa shape index (κ1) is 15.2. The molecule has 0 fully saturated rings. The van der Waals surface area contributed by atoms with Gasteiger partial charge in [-0.25, -0.2) is 4.39 Å². The molecule has 4 heteroatoms. The number of nitrogens with one attached hydrogen (secondary N) is 1. The Bertz CT molecular complexity index is 937. The van der Waals surface area contributed by atoms with Gasteiger partial charge in [0.1, 0.15) is 5.82 Å². The molecule has 2 aromatic carbocycles. The van der Waals surface area contributed by atoms with Gasteiger partial charge in [-0.05, 0) is 60.9 Å². The first-order valence-electron chi connectivity index (χ1n) is 7.87. The van der Waals surface area contributed by atoms with E-state index in [1.54, 1.807) is 30.9 Å². The van der Waals surface area contributed by atoms with E-state index in [0.29, 0.717) is 5.56 Å². The molecule has 0 unspecified atom stereocenters. The van der Waals surface area contributed by atoms with Gasteiger partial charge >= 0.3 is 0 Å². The molecule has 0 amide bonds. The molecule has 0 saturated heterocycles. The largest absolute Gasteiger partial charge is 0.375 e. The lowest BCUT2D eigenvalue weighted by atomic mass is 9.95. The first-order valence-corrected chi connectivity index (χ1v) is 8.85. The fourth-order valence-corrected chi connectivity index (χ4v) is 3.93. The van der Waals surface area contributed by atoms with Crippen LogP contribution in [0.4, 0.5) is 10.1 Å². The molecule has 4 rings (SSSR count). The second-order valence-electron chi connectivity index (χ2n) is 5.99. The van der Waals surface area contributed by atoms with Crippen molar-refractivity contribution in [2.24, 2.45) is 0 Å². The molecule has 0 aliphatic carbocycles. The van der Waals surface area contributed by atoms with E-state index in [1.807, 2.05) is 19.1 Å². The number of benzene rings is 2. The Morgan fingerprint density at radius 1 is 1.04 bits per heavy atom. The minimum absolute atomic E-state index is 0.172. The second kappa shape index (κ2) is 5.95. The van der Waals surface area contributed by atoms with E-state index in [1.165, 1.54) is 10.6 Å². The van der Waals surface area contributed by atoms with E-state index in [2.05, 4.69) is 34.6 Å². The van der Waals surface area contributed by atoms with Crippen molar-refractivity contribution in [2.75, 3.05) is 11.2 Å². The fraction of sp³-hybridized carbons (Fsp3) is 0.150. The number of hydrogen-bond acceptors (Lipinski definition) is 3. The monoisotopic (exact) mass is 336 g/mol. The van der Waals surface area contributed by atoms with Gasteiger partial charge in [0.05, 0.1) is 11.6 Å². The number of hydrogen-bond donors (Lipinski definition) is 1. The van der Waals surface area contributed by atoms with Crippen LogP contribution in [0.2, 0.25) is 0 Å². The summed E-state index contributed by atoms with van der Waals surface area (Å²) in [6.07, 6.45) is 1.79. The first-order chi connectivity index (χ1) is 11.6. The molecule has 120 valence electrons. The van der Waals surface area contributed by atoms with Gasteiger partial charge in [0.2, 0.25) is 0 Å². The Morgan fingerprint density at radius 2 is 1.92 bits per heavy atom. The molecule has 0 bridgehead atoms. The quantitative estimate of drug-likeness (QED) is 0.655. The van der Waals surface area contributed by atoms with Gasteiger partial charge in [-0.1, -0.05) is 12.1 Å². The van der Waals surface area contributed by atoms with Crippen molar-refractivity contribution < 1.29 is 4.39 Å². The number of rotatable bonds is 2. The number of aryl methyl sites for hydroxylation is 2. The summed E-state index contributed by atoms with van der Waals surface area (Å²) in [5.41, 5.74) is 6.81. The molecule has 0 atom stereocenters. The third-order valence-electron chi connectivity index (χ3n) is 4.35. The van der Waals surface area contributed by atoms with Gasteiger partial charge in [0.15, 0.2) is 0 Å². The van der Waals surface area contributed by atoms with Crippen LogP contribution in [0.15, 0.2) is 53.6 Å². The van der Waals surface area contributed by atoms with Crippen LogP contribution >= 0.6 is 11.8 Å². The van der Waals surface area contributed by atoms with E-state index < -0.39 is 0 Å². The van der Waals surface area contributed by atoms with Gasteiger partial charge < -0.3 is 5.32 Å². The maximum atomic E-state index is 13.8. The molecule has 1 N–H and O–H groups in total. The van der Waals surface area contributed by atoms with E-state index in [0.717, 1.165) is 33.8 Å². The van der Waals surface area contributed by atoms with Crippen LogP contribution in [0, 0.1) is 19.7 Å². The predicted molar refractivity (Wildman–Crippen MR) is 98.9 cm³/mol. The van der Waals surface area contributed by atoms with Crippen molar-refractivity contribution in [3.63, 3.8) is 0 Å². The number of halogens is 1. The van der Waals surface area contributed by atoms with E-state index in [-0.39, 0.29) is 5.82 Å². The molecule has 2 nitrogen and oxygen atoms in total. The minimum atomic E-state index is -0.172. The lowest BCUT2D eigenvalue weighted by Crippen LogP contribution is -1.94. The summed E-state index contributed by atoms with van der Waals surface area (Å²) in [6, 6.07) is 13.9. The molecule has 0 saturated carbocycles. The Balaban J connectivity index is 1.89. The molecular formula is C20H17FN2S. The second-order valence-corrected chi connectivity index (χ2v) is 7.01. The number of anilines is 1. The van der Waals surface area contributed by atoms with Gasteiger partial charge in [-0.3, -0.25) is 4.98 Å². The van der Waals surface area contributed by atoms with E-state index >= 15 is 0 Å². The maximum Gasteiger partial charge on any atom is 0.126 e. The van der Waals surface area contributed by atoms with Gasteiger partial charge in [-0.2, -0.15) is 0 Å². The molecule has 0 spiro atoms. The number of nitrogens with zero attached hydrogens (tertiary/aromatic N) is 1. The normalized spacial score (nSPS) is 12.8. The number of pyridine rings is 1.